The summed E-state index contributed by atoms with van der Waals surface area (Å²) in [7, 11) is 0. The summed E-state index contributed by atoms with van der Waals surface area (Å²) in [6, 6.07) is 11.2. The van der Waals surface area contributed by atoms with Gasteiger partial charge >= 0.3 is 0 Å². The summed E-state index contributed by atoms with van der Waals surface area (Å²) in [5.41, 5.74) is 1.39. The molecule has 2 aliphatic rings. The summed E-state index contributed by atoms with van der Waals surface area (Å²) < 4.78 is 5.84. The maximum absolute atomic E-state index is 5.84. The summed E-state index contributed by atoms with van der Waals surface area (Å²) >= 11 is 1.84. The monoisotopic (exact) mass is 304 g/mol. The van der Waals surface area contributed by atoms with Crippen molar-refractivity contribution in [3.8, 4) is 0 Å². The number of amidine groups is 1. The van der Waals surface area contributed by atoms with E-state index in [1.807, 2.05) is 11.8 Å². The van der Waals surface area contributed by atoms with Crippen LogP contribution in [0.25, 0.3) is 0 Å². The second kappa shape index (κ2) is 7.85. The zero-order valence-corrected chi connectivity index (χ0v) is 13.3. The van der Waals surface area contributed by atoms with Crippen LogP contribution >= 0.6 is 11.8 Å². The average Bonchev–Trinajstić information content (AvgIpc) is 3.17. The Hall–Kier alpha value is -1.00. The Morgan fingerprint density at radius 1 is 1.19 bits per heavy atom. The fourth-order valence-electron chi connectivity index (χ4n) is 2.96. The highest BCUT2D eigenvalue weighted by Gasteiger charge is 2.20. The van der Waals surface area contributed by atoms with E-state index in [0.29, 0.717) is 12.1 Å². The van der Waals surface area contributed by atoms with Gasteiger partial charge in [0, 0.05) is 11.8 Å². The number of nitrogens with one attached hydrogen (secondary N) is 1. The highest BCUT2D eigenvalue weighted by atomic mass is 32.2. The lowest BCUT2D eigenvalue weighted by molar-refractivity contribution is 0.0644. The van der Waals surface area contributed by atoms with Crippen LogP contribution < -0.4 is 5.32 Å². The molecule has 1 unspecified atom stereocenters. The second-order valence-electron chi connectivity index (χ2n) is 5.81. The van der Waals surface area contributed by atoms with Crippen LogP contribution in [0, 0.1) is 0 Å². The van der Waals surface area contributed by atoms with E-state index in [4.69, 9.17) is 4.74 Å². The fourth-order valence-corrected chi connectivity index (χ4v) is 3.95. The minimum atomic E-state index is 0.500. The van der Waals surface area contributed by atoms with Crippen LogP contribution in [0.2, 0.25) is 0 Å². The third kappa shape index (κ3) is 4.75. The molecule has 114 valence electrons. The first-order valence-corrected chi connectivity index (χ1v) is 8.98. The Balaban J connectivity index is 1.36. The highest BCUT2D eigenvalue weighted by molar-refractivity contribution is 8.14. The van der Waals surface area contributed by atoms with E-state index in [0.717, 1.165) is 30.5 Å². The molecule has 1 saturated heterocycles. The van der Waals surface area contributed by atoms with E-state index in [-0.39, 0.29) is 0 Å². The van der Waals surface area contributed by atoms with Crippen molar-refractivity contribution < 1.29 is 4.74 Å². The van der Waals surface area contributed by atoms with Gasteiger partial charge in [-0.05, 0) is 24.8 Å². The normalized spacial score (nSPS) is 24.6. The smallest absolute Gasteiger partial charge is 0.156 e. The molecular weight excluding hydrogens is 280 g/mol. The van der Waals surface area contributed by atoms with Gasteiger partial charge in [-0.15, -0.1) is 0 Å². The minimum Gasteiger partial charge on any atom is -0.376 e. The van der Waals surface area contributed by atoms with Gasteiger partial charge in [0.05, 0.1) is 19.3 Å². The minimum absolute atomic E-state index is 0.500. The second-order valence-corrected chi connectivity index (χ2v) is 6.81. The molecule has 21 heavy (non-hydrogen) atoms. The van der Waals surface area contributed by atoms with Gasteiger partial charge in [-0.2, -0.15) is 0 Å². The number of ether oxygens (including phenoxy) is 1. The average molecular weight is 304 g/mol. The fraction of sp³-hybridized carbons (Fsp3) is 0.588. The third-order valence-corrected chi connectivity index (χ3v) is 5.17. The number of nitrogens with zero attached hydrogens (tertiary/aromatic N) is 1. The van der Waals surface area contributed by atoms with E-state index in [1.54, 1.807) is 0 Å². The predicted octanol–water partition coefficient (Wildman–Crippen LogP) is 3.25. The van der Waals surface area contributed by atoms with Crippen LogP contribution in [-0.2, 0) is 11.2 Å². The number of aliphatic imine (C=N–C) groups is 1. The van der Waals surface area contributed by atoms with Crippen molar-refractivity contribution in [1.29, 1.82) is 0 Å². The molecule has 0 aromatic heterocycles. The summed E-state index contributed by atoms with van der Waals surface area (Å²) in [6.07, 6.45) is 6.71. The van der Waals surface area contributed by atoms with Gasteiger partial charge in [-0.3, -0.25) is 4.99 Å². The molecule has 1 aromatic rings. The van der Waals surface area contributed by atoms with Crippen molar-refractivity contribution in [2.24, 2.45) is 4.99 Å². The molecule has 3 nitrogen and oxygen atoms in total. The van der Waals surface area contributed by atoms with Crippen molar-refractivity contribution in [3.05, 3.63) is 35.9 Å². The van der Waals surface area contributed by atoms with E-state index >= 15 is 0 Å². The van der Waals surface area contributed by atoms with Gasteiger partial charge in [0.25, 0.3) is 0 Å². The van der Waals surface area contributed by atoms with Crippen LogP contribution in [0.3, 0.4) is 0 Å². The lowest BCUT2D eigenvalue weighted by Gasteiger charge is -2.10. The molecule has 0 amide bonds. The van der Waals surface area contributed by atoms with Crippen LogP contribution in [0.4, 0.5) is 0 Å². The largest absolute Gasteiger partial charge is 0.376 e. The quantitative estimate of drug-likeness (QED) is 0.819. The highest BCUT2D eigenvalue weighted by Crippen LogP contribution is 2.21. The molecule has 0 bridgehead atoms. The number of rotatable bonds is 6. The molecule has 1 atom stereocenters. The van der Waals surface area contributed by atoms with Crippen LogP contribution in [0.1, 0.15) is 31.2 Å². The Morgan fingerprint density at radius 3 is 2.81 bits per heavy atom. The first kappa shape index (κ1) is 14.9. The molecule has 1 aliphatic carbocycles. The van der Waals surface area contributed by atoms with Gasteiger partial charge in [0.2, 0.25) is 0 Å². The Labute approximate surface area is 131 Å². The van der Waals surface area contributed by atoms with E-state index in [9.17, 15) is 0 Å². The van der Waals surface area contributed by atoms with E-state index in [1.165, 1.54) is 31.2 Å². The van der Waals surface area contributed by atoms with Crippen molar-refractivity contribution in [3.63, 3.8) is 0 Å². The van der Waals surface area contributed by atoms with Crippen LogP contribution in [0.5, 0.6) is 0 Å². The Bertz CT molecular complexity index is 457. The third-order valence-electron chi connectivity index (χ3n) is 4.08. The molecule has 4 heteroatoms. The first-order valence-electron chi connectivity index (χ1n) is 7.99. The number of hydrogen-bond donors (Lipinski definition) is 1. The maximum Gasteiger partial charge on any atom is 0.156 e. The molecule has 2 fully saturated rings. The first-order chi connectivity index (χ1) is 10.4. The Morgan fingerprint density at radius 2 is 2.00 bits per heavy atom. The van der Waals surface area contributed by atoms with Crippen LogP contribution in [-0.4, -0.2) is 36.2 Å². The van der Waals surface area contributed by atoms with E-state index in [2.05, 4.69) is 40.6 Å². The summed E-state index contributed by atoms with van der Waals surface area (Å²) in [6.45, 7) is 1.55. The zero-order valence-electron chi connectivity index (χ0n) is 12.5. The topological polar surface area (TPSA) is 33.6 Å². The molecular formula is C17H24N2OS. The van der Waals surface area contributed by atoms with Gasteiger partial charge < -0.3 is 10.1 Å². The lowest BCUT2D eigenvalue weighted by Crippen LogP contribution is -2.29. The number of benzene rings is 1. The van der Waals surface area contributed by atoms with E-state index < -0.39 is 0 Å². The zero-order chi connectivity index (χ0) is 14.3. The van der Waals surface area contributed by atoms with Crippen molar-refractivity contribution in [1.82, 2.24) is 5.32 Å². The van der Waals surface area contributed by atoms with Crippen molar-refractivity contribution in [2.45, 2.75) is 44.2 Å². The van der Waals surface area contributed by atoms with Gasteiger partial charge in [-0.25, -0.2) is 0 Å². The molecule has 1 aliphatic heterocycles. The van der Waals surface area contributed by atoms with Gasteiger partial charge in [-0.1, -0.05) is 54.9 Å². The Kier molecular flexibility index (Phi) is 5.58. The predicted molar refractivity (Wildman–Crippen MR) is 90.0 cm³/mol. The van der Waals surface area contributed by atoms with Gasteiger partial charge in [0.1, 0.15) is 0 Å². The molecule has 1 aromatic carbocycles. The van der Waals surface area contributed by atoms with Gasteiger partial charge in [0.15, 0.2) is 5.17 Å². The SMILES string of the molecule is c1ccc(CC2CSC(=NCCOC3CCCC3)N2)cc1. The molecule has 1 heterocycles. The maximum atomic E-state index is 5.84. The molecule has 0 spiro atoms. The number of hydrogen-bond acceptors (Lipinski definition) is 3. The molecule has 1 saturated carbocycles. The lowest BCUT2D eigenvalue weighted by atomic mass is 10.1. The standard InChI is InChI=1S/C17H24N2OS/c1-2-6-14(7-3-1)12-15-13-21-17(19-15)18-10-11-20-16-8-4-5-9-16/h1-3,6-7,15-16H,4-5,8-13H2,(H,18,19). The number of thioether (sulfide) groups is 1. The molecule has 1 N–H and O–H groups in total. The van der Waals surface area contributed by atoms with Crippen LogP contribution in [0.15, 0.2) is 35.3 Å². The van der Waals surface area contributed by atoms with Crippen molar-refractivity contribution in [2.75, 3.05) is 18.9 Å². The summed E-state index contributed by atoms with van der Waals surface area (Å²) in [5.74, 6) is 1.11. The summed E-state index contributed by atoms with van der Waals surface area (Å²) in [4.78, 5) is 4.62. The molecule has 3 rings (SSSR count). The summed E-state index contributed by atoms with van der Waals surface area (Å²) in [5, 5.41) is 4.61. The van der Waals surface area contributed by atoms with Crippen molar-refractivity contribution >= 4 is 16.9 Å². The molecule has 0 radical (unpaired) electrons.